The maximum atomic E-state index is 5.82. The summed E-state index contributed by atoms with van der Waals surface area (Å²) in [6.45, 7) is 2.02. The molecule has 0 amide bonds. The van der Waals surface area contributed by atoms with Crippen molar-refractivity contribution in [2.24, 2.45) is 11.7 Å². The molecule has 1 saturated carbocycles. The van der Waals surface area contributed by atoms with Crippen LogP contribution in [0.2, 0.25) is 0 Å². The molecule has 2 unspecified atom stereocenters. The van der Waals surface area contributed by atoms with E-state index in [-0.39, 0.29) is 0 Å². The van der Waals surface area contributed by atoms with Gasteiger partial charge in [0, 0.05) is 24.7 Å². The molecule has 0 saturated heterocycles. The van der Waals surface area contributed by atoms with E-state index >= 15 is 0 Å². The maximum Gasteiger partial charge on any atom is 0.0401 e. The first-order chi connectivity index (χ1) is 7.28. The zero-order valence-electron chi connectivity index (χ0n) is 9.24. The van der Waals surface area contributed by atoms with Crippen molar-refractivity contribution in [1.29, 1.82) is 0 Å². The van der Waals surface area contributed by atoms with E-state index in [4.69, 9.17) is 5.73 Å². The largest absolute Gasteiger partial charge is 0.374 e. The fourth-order valence-corrected chi connectivity index (χ4v) is 3.18. The Labute approximate surface area is 91.1 Å². The lowest BCUT2D eigenvalue weighted by Crippen LogP contribution is -2.32. The zero-order valence-corrected chi connectivity index (χ0v) is 9.24. The van der Waals surface area contributed by atoms with Gasteiger partial charge in [-0.05, 0) is 36.9 Å². The van der Waals surface area contributed by atoms with Crippen LogP contribution in [-0.4, -0.2) is 20.1 Å². The van der Waals surface area contributed by atoms with E-state index in [1.54, 1.807) is 0 Å². The molecule has 1 aromatic carbocycles. The predicted octanol–water partition coefficient (Wildman–Crippen LogP) is 1.74. The molecule has 2 heteroatoms. The summed E-state index contributed by atoms with van der Waals surface area (Å²) in [4.78, 5) is 2.37. The van der Waals surface area contributed by atoms with Crippen molar-refractivity contribution < 1.29 is 0 Å². The quantitative estimate of drug-likeness (QED) is 0.751. The van der Waals surface area contributed by atoms with Gasteiger partial charge >= 0.3 is 0 Å². The van der Waals surface area contributed by atoms with Crippen molar-refractivity contribution in [3.63, 3.8) is 0 Å². The minimum absolute atomic E-state index is 0.442. The molecule has 1 fully saturated rings. The predicted molar refractivity (Wildman–Crippen MR) is 63.2 cm³/mol. The van der Waals surface area contributed by atoms with Crippen LogP contribution in [0.5, 0.6) is 0 Å². The lowest BCUT2D eigenvalue weighted by molar-refractivity contribution is 0.534. The Morgan fingerprint density at radius 2 is 2.27 bits per heavy atom. The van der Waals surface area contributed by atoms with E-state index in [1.165, 1.54) is 30.6 Å². The van der Waals surface area contributed by atoms with Crippen LogP contribution in [0.1, 0.15) is 18.4 Å². The third kappa shape index (κ3) is 1.14. The Morgan fingerprint density at radius 3 is 3.00 bits per heavy atom. The Bertz CT molecular complexity index is 388. The van der Waals surface area contributed by atoms with Gasteiger partial charge < -0.3 is 10.6 Å². The molecule has 80 valence electrons. The first-order valence-electron chi connectivity index (χ1n) is 5.78. The standard InChI is InChI=1S/C13H18N2/c1-15-7-6-13(8-10(13)9-14)11-4-2-3-5-12(11)15/h2-5,10H,6-9,14H2,1H3. The van der Waals surface area contributed by atoms with Crippen molar-refractivity contribution in [1.82, 2.24) is 0 Å². The first-order valence-corrected chi connectivity index (χ1v) is 5.78. The number of rotatable bonds is 1. The van der Waals surface area contributed by atoms with Gasteiger partial charge in [0.05, 0.1) is 0 Å². The van der Waals surface area contributed by atoms with Crippen molar-refractivity contribution in [3.8, 4) is 0 Å². The number of hydrogen-bond acceptors (Lipinski definition) is 2. The van der Waals surface area contributed by atoms with Gasteiger partial charge in [0.1, 0.15) is 0 Å². The molecule has 1 aromatic rings. The summed E-state index contributed by atoms with van der Waals surface area (Å²) in [5, 5.41) is 0. The molecule has 0 aromatic heterocycles. The Hall–Kier alpha value is -1.02. The maximum absolute atomic E-state index is 5.82. The van der Waals surface area contributed by atoms with Crippen molar-refractivity contribution in [3.05, 3.63) is 29.8 Å². The van der Waals surface area contributed by atoms with E-state index in [0.29, 0.717) is 5.41 Å². The van der Waals surface area contributed by atoms with Crippen LogP contribution in [-0.2, 0) is 5.41 Å². The number of nitrogens with zero attached hydrogens (tertiary/aromatic N) is 1. The summed E-state index contributed by atoms with van der Waals surface area (Å²) in [5.41, 5.74) is 9.21. The van der Waals surface area contributed by atoms with Crippen LogP contribution in [0, 0.1) is 5.92 Å². The fraction of sp³-hybridized carbons (Fsp3) is 0.538. The molecule has 1 spiro atoms. The van der Waals surface area contributed by atoms with Crippen LogP contribution in [0.4, 0.5) is 5.69 Å². The second-order valence-electron chi connectivity index (χ2n) is 4.98. The summed E-state index contributed by atoms with van der Waals surface area (Å²) in [6, 6.07) is 8.82. The second-order valence-corrected chi connectivity index (χ2v) is 4.98. The van der Waals surface area contributed by atoms with Gasteiger partial charge in [0.15, 0.2) is 0 Å². The highest BCUT2D eigenvalue weighted by Crippen LogP contribution is 2.60. The van der Waals surface area contributed by atoms with Crippen LogP contribution >= 0.6 is 0 Å². The smallest absolute Gasteiger partial charge is 0.0401 e. The van der Waals surface area contributed by atoms with E-state index < -0.39 is 0 Å². The van der Waals surface area contributed by atoms with Crippen molar-refractivity contribution >= 4 is 5.69 Å². The Balaban J connectivity index is 2.07. The lowest BCUT2D eigenvalue weighted by Gasteiger charge is -2.34. The average molecular weight is 202 g/mol. The third-order valence-electron chi connectivity index (χ3n) is 4.26. The summed E-state index contributed by atoms with van der Waals surface area (Å²) in [6.07, 6.45) is 2.58. The van der Waals surface area contributed by atoms with E-state index in [0.717, 1.165) is 12.5 Å². The molecule has 2 atom stereocenters. The minimum atomic E-state index is 0.442. The summed E-state index contributed by atoms with van der Waals surface area (Å²) >= 11 is 0. The van der Waals surface area contributed by atoms with E-state index in [9.17, 15) is 0 Å². The Kier molecular flexibility index (Phi) is 1.84. The van der Waals surface area contributed by atoms with E-state index in [1.807, 2.05) is 0 Å². The molecule has 2 aliphatic rings. The highest BCUT2D eigenvalue weighted by molar-refractivity contribution is 5.61. The number of benzene rings is 1. The SMILES string of the molecule is CN1CCC2(CC2CN)c2ccccc21. The molecule has 1 aliphatic carbocycles. The summed E-state index contributed by atoms with van der Waals surface area (Å²) < 4.78 is 0. The molecule has 0 radical (unpaired) electrons. The van der Waals surface area contributed by atoms with Gasteiger partial charge in [-0.15, -0.1) is 0 Å². The molecule has 3 rings (SSSR count). The van der Waals surface area contributed by atoms with Gasteiger partial charge in [-0.2, -0.15) is 0 Å². The highest BCUT2D eigenvalue weighted by atomic mass is 15.1. The average Bonchev–Trinajstić information content (AvgIpc) is 2.99. The number of hydrogen-bond donors (Lipinski definition) is 1. The monoisotopic (exact) mass is 202 g/mol. The Morgan fingerprint density at radius 1 is 1.47 bits per heavy atom. The van der Waals surface area contributed by atoms with Gasteiger partial charge in [-0.25, -0.2) is 0 Å². The second kappa shape index (κ2) is 2.99. The molecule has 2 N–H and O–H groups in total. The minimum Gasteiger partial charge on any atom is -0.374 e. The van der Waals surface area contributed by atoms with Gasteiger partial charge in [0.2, 0.25) is 0 Å². The molecule has 1 aliphatic heterocycles. The summed E-state index contributed by atoms with van der Waals surface area (Å²) in [7, 11) is 2.19. The lowest BCUT2D eigenvalue weighted by atomic mass is 9.85. The molecule has 1 heterocycles. The van der Waals surface area contributed by atoms with Crippen LogP contribution in [0.3, 0.4) is 0 Å². The third-order valence-corrected chi connectivity index (χ3v) is 4.26. The molecule has 0 bridgehead atoms. The number of fused-ring (bicyclic) bond motifs is 2. The molecule has 2 nitrogen and oxygen atoms in total. The normalized spacial score (nSPS) is 32.9. The first kappa shape index (κ1) is 9.22. The summed E-state index contributed by atoms with van der Waals surface area (Å²) in [5.74, 6) is 0.729. The molecule has 15 heavy (non-hydrogen) atoms. The highest BCUT2D eigenvalue weighted by Gasteiger charge is 2.56. The van der Waals surface area contributed by atoms with Crippen LogP contribution < -0.4 is 10.6 Å². The van der Waals surface area contributed by atoms with Crippen molar-refractivity contribution in [2.45, 2.75) is 18.3 Å². The number of para-hydroxylation sites is 1. The van der Waals surface area contributed by atoms with Crippen molar-refractivity contribution in [2.75, 3.05) is 25.0 Å². The van der Waals surface area contributed by atoms with Gasteiger partial charge in [0.25, 0.3) is 0 Å². The topological polar surface area (TPSA) is 29.3 Å². The molecular weight excluding hydrogens is 184 g/mol. The fourth-order valence-electron chi connectivity index (χ4n) is 3.18. The zero-order chi connectivity index (χ0) is 10.5. The van der Waals surface area contributed by atoms with Gasteiger partial charge in [-0.3, -0.25) is 0 Å². The van der Waals surface area contributed by atoms with Crippen LogP contribution in [0.25, 0.3) is 0 Å². The number of anilines is 1. The van der Waals surface area contributed by atoms with E-state index in [2.05, 4.69) is 36.2 Å². The van der Waals surface area contributed by atoms with Gasteiger partial charge in [-0.1, -0.05) is 18.2 Å². The van der Waals surface area contributed by atoms with Crippen LogP contribution in [0.15, 0.2) is 24.3 Å². The number of nitrogens with two attached hydrogens (primary N) is 1. The molecular formula is C13H18N2.